The van der Waals surface area contributed by atoms with Crippen LogP contribution in [0, 0.1) is 5.92 Å². The van der Waals surface area contributed by atoms with Crippen molar-refractivity contribution >= 4 is 11.9 Å². The molecule has 1 aliphatic heterocycles. The molecule has 0 amide bonds. The number of nitrogens with two attached hydrogens (primary N) is 1. The lowest BCUT2D eigenvalue weighted by molar-refractivity contribution is 0.233. The molecular weight excluding hydrogens is 254 g/mol. The largest absolute Gasteiger partial charge is 0.463 e. The van der Waals surface area contributed by atoms with Gasteiger partial charge >= 0.3 is 6.01 Å². The van der Waals surface area contributed by atoms with Crippen molar-refractivity contribution in [1.82, 2.24) is 15.0 Å². The van der Waals surface area contributed by atoms with Gasteiger partial charge in [0.05, 0.1) is 6.61 Å². The highest BCUT2D eigenvalue weighted by Gasteiger charge is 2.16. The third kappa shape index (κ3) is 4.21. The second kappa shape index (κ2) is 7.26. The predicted octanol–water partition coefficient (Wildman–Crippen LogP) is 2.26. The Kier molecular flexibility index (Phi) is 5.38. The summed E-state index contributed by atoms with van der Waals surface area (Å²) in [7, 11) is 0. The third-order valence-corrected chi connectivity index (χ3v) is 3.54. The minimum atomic E-state index is 0.235. The minimum absolute atomic E-state index is 0.235. The van der Waals surface area contributed by atoms with Crippen LogP contribution in [0.4, 0.5) is 11.9 Å². The second-order valence-electron chi connectivity index (χ2n) is 5.53. The first-order chi connectivity index (χ1) is 9.69. The fourth-order valence-corrected chi connectivity index (χ4v) is 2.45. The Balaban J connectivity index is 2.00. The zero-order valence-electron chi connectivity index (χ0n) is 12.5. The molecule has 1 unspecified atom stereocenters. The molecule has 0 saturated carbocycles. The molecular formula is C14H25N5O. The lowest BCUT2D eigenvalue weighted by Crippen LogP contribution is -2.31. The smallest absolute Gasteiger partial charge is 0.323 e. The highest BCUT2D eigenvalue weighted by atomic mass is 16.5. The highest BCUT2D eigenvalue weighted by molar-refractivity contribution is 5.36. The summed E-state index contributed by atoms with van der Waals surface area (Å²) in [6.45, 7) is 6.92. The number of aromatic nitrogens is 3. The highest BCUT2D eigenvalue weighted by Crippen LogP contribution is 2.18. The molecule has 1 aromatic rings. The molecule has 1 aromatic heterocycles. The molecule has 2 N–H and O–H groups in total. The van der Waals surface area contributed by atoms with E-state index in [1.165, 1.54) is 19.3 Å². The van der Waals surface area contributed by atoms with E-state index in [-0.39, 0.29) is 5.95 Å². The topological polar surface area (TPSA) is 77.2 Å². The van der Waals surface area contributed by atoms with E-state index in [9.17, 15) is 0 Å². The van der Waals surface area contributed by atoms with Gasteiger partial charge in [0.25, 0.3) is 0 Å². The van der Waals surface area contributed by atoms with E-state index in [1.807, 2.05) is 0 Å². The van der Waals surface area contributed by atoms with Gasteiger partial charge in [0.2, 0.25) is 11.9 Å². The monoisotopic (exact) mass is 279 g/mol. The van der Waals surface area contributed by atoms with Crippen LogP contribution in [0.2, 0.25) is 0 Å². The third-order valence-electron chi connectivity index (χ3n) is 3.54. The summed E-state index contributed by atoms with van der Waals surface area (Å²) in [5.74, 6) is 1.38. The Morgan fingerprint density at radius 1 is 1.20 bits per heavy atom. The second-order valence-corrected chi connectivity index (χ2v) is 5.53. The zero-order valence-corrected chi connectivity index (χ0v) is 12.5. The molecule has 6 nitrogen and oxygen atoms in total. The fourth-order valence-electron chi connectivity index (χ4n) is 2.45. The van der Waals surface area contributed by atoms with Crippen LogP contribution in [0.1, 0.15) is 46.0 Å². The van der Waals surface area contributed by atoms with E-state index < -0.39 is 0 Å². The van der Waals surface area contributed by atoms with E-state index in [0.717, 1.165) is 25.9 Å². The van der Waals surface area contributed by atoms with Gasteiger partial charge in [0, 0.05) is 13.1 Å². The van der Waals surface area contributed by atoms with E-state index in [4.69, 9.17) is 10.5 Å². The fraction of sp³-hybridized carbons (Fsp3) is 0.786. The minimum Gasteiger partial charge on any atom is -0.463 e. The van der Waals surface area contributed by atoms with E-state index in [2.05, 4.69) is 33.7 Å². The van der Waals surface area contributed by atoms with Crippen LogP contribution in [0.5, 0.6) is 6.01 Å². The Labute approximate surface area is 120 Å². The van der Waals surface area contributed by atoms with Crippen molar-refractivity contribution in [3.63, 3.8) is 0 Å². The van der Waals surface area contributed by atoms with Gasteiger partial charge in [0.15, 0.2) is 0 Å². The van der Waals surface area contributed by atoms with Crippen molar-refractivity contribution in [1.29, 1.82) is 0 Å². The average molecular weight is 279 g/mol. The van der Waals surface area contributed by atoms with E-state index >= 15 is 0 Å². The quantitative estimate of drug-likeness (QED) is 0.860. The van der Waals surface area contributed by atoms with Gasteiger partial charge < -0.3 is 15.4 Å². The summed E-state index contributed by atoms with van der Waals surface area (Å²) in [6.07, 6.45) is 5.92. The summed E-state index contributed by atoms with van der Waals surface area (Å²) in [6, 6.07) is 0.348. The normalized spacial score (nSPS) is 17.0. The first-order valence-corrected chi connectivity index (χ1v) is 7.58. The maximum atomic E-state index is 5.76. The number of ether oxygens (including phenoxy) is 1. The SMILES string of the molecule is CCCC(C)COc1nc(N)nc(N2CCCCC2)n1. The molecule has 1 fully saturated rings. The molecule has 6 heteroatoms. The predicted molar refractivity (Wildman–Crippen MR) is 79.9 cm³/mol. The standard InChI is InChI=1S/C14H25N5O/c1-3-7-11(2)10-20-14-17-12(15)16-13(18-14)19-8-5-4-6-9-19/h11H,3-10H2,1-2H3,(H2,15,16,17,18). The Bertz CT molecular complexity index is 420. The van der Waals surface area contributed by atoms with Crippen LogP contribution >= 0.6 is 0 Å². The van der Waals surface area contributed by atoms with E-state index in [0.29, 0.717) is 24.5 Å². The van der Waals surface area contributed by atoms with Crippen LogP contribution in [-0.4, -0.2) is 34.6 Å². The van der Waals surface area contributed by atoms with Crippen LogP contribution in [0.25, 0.3) is 0 Å². The first-order valence-electron chi connectivity index (χ1n) is 7.58. The molecule has 0 aliphatic carbocycles. The van der Waals surface area contributed by atoms with Crippen LogP contribution in [0.3, 0.4) is 0 Å². The molecule has 0 radical (unpaired) electrons. The Hall–Kier alpha value is -1.59. The molecule has 0 bridgehead atoms. The maximum absolute atomic E-state index is 5.76. The molecule has 0 spiro atoms. The van der Waals surface area contributed by atoms with Gasteiger partial charge in [-0.25, -0.2) is 0 Å². The molecule has 2 rings (SSSR count). The summed E-state index contributed by atoms with van der Waals surface area (Å²) < 4.78 is 5.66. The lowest BCUT2D eigenvalue weighted by Gasteiger charge is -2.26. The van der Waals surface area contributed by atoms with Gasteiger partial charge in [-0.1, -0.05) is 20.3 Å². The van der Waals surface area contributed by atoms with Crippen LogP contribution in [-0.2, 0) is 0 Å². The molecule has 1 atom stereocenters. The van der Waals surface area contributed by atoms with Crippen molar-refractivity contribution < 1.29 is 4.74 Å². The summed E-state index contributed by atoms with van der Waals surface area (Å²) >= 11 is 0. The number of anilines is 2. The molecule has 20 heavy (non-hydrogen) atoms. The summed E-state index contributed by atoms with van der Waals surface area (Å²) in [4.78, 5) is 14.8. The number of hydrogen-bond acceptors (Lipinski definition) is 6. The molecule has 2 heterocycles. The van der Waals surface area contributed by atoms with Crippen molar-refractivity contribution in [2.45, 2.75) is 46.0 Å². The van der Waals surface area contributed by atoms with Gasteiger partial charge in [-0.05, 0) is 31.6 Å². The van der Waals surface area contributed by atoms with Crippen molar-refractivity contribution in [3.05, 3.63) is 0 Å². The van der Waals surface area contributed by atoms with Gasteiger partial charge in [-0.2, -0.15) is 15.0 Å². The lowest BCUT2D eigenvalue weighted by atomic mass is 10.1. The number of hydrogen-bond donors (Lipinski definition) is 1. The van der Waals surface area contributed by atoms with Crippen LogP contribution < -0.4 is 15.4 Å². The molecule has 1 saturated heterocycles. The number of nitrogen functional groups attached to an aromatic ring is 1. The molecule has 0 aromatic carbocycles. The maximum Gasteiger partial charge on any atom is 0.323 e. The number of rotatable bonds is 6. The van der Waals surface area contributed by atoms with E-state index in [1.54, 1.807) is 0 Å². The van der Waals surface area contributed by atoms with Crippen molar-refractivity contribution in [2.24, 2.45) is 5.92 Å². The summed E-state index contributed by atoms with van der Waals surface area (Å²) in [5, 5.41) is 0. The van der Waals surface area contributed by atoms with Crippen molar-refractivity contribution in [2.75, 3.05) is 30.3 Å². The number of nitrogens with zero attached hydrogens (tertiary/aromatic N) is 4. The Morgan fingerprint density at radius 2 is 1.95 bits per heavy atom. The summed E-state index contributed by atoms with van der Waals surface area (Å²) in [5.41, 5.74) is 5.76. The zero-order chi connectivity index (χ0) is 14.4. The van der Waals surface area contributed by atoms with Crippen LogP contribution in [0.15, 0.2) is 0 Å². The molecule has 112 valence electrons. The average Bonchev–Trinajstić information content (AvgIpc) is 2.46. The Morgan fingerprint density at radius 3 is 2.65 bits per heavy atom. The molecule has 1 aliphatic rings. The van der Waals surface area contributed by atoms with Gasteiger partial charge in [-0.3, -0.25) is 0 Å². The number of piperidine rings is 1. The van der Waals surface area contributed by atoms with Crippen molar-refractivity contribution in [3.8, 4) is 6.01 Å². The van der Waals surface area contributed by atoms with Gasteiger partial charge in [-0.15, -0.1) is 0 Å². The van der Waals surface area contributed by atoms with Gasteiger partial charge in [0.1, 0.15) is 0 Å². The first kappa shape index (κ1) is 14.8.